The largest absolute Gasteiger partial charge is 0.476 e. The molecule has 0 saturated heterocycles. The minimum Gasteiger partial charge on any atom is -0.476 e. The highest BCUT2D eigenvalue weighted by atomic mass is 19.1. The standard InChI is InChI=1S/C8H5FN2O2.C2H6/c9-4-1-2-6-5(3-4)7(8(12)13)11-10-6;1-2/h1-3H,(H,10,11)(H,12,13);1-2H3. The van der Waals surface area contributed by atoms with E-state index in [4.69, 9.17) is 5.11 Å². The number of nitrogens with one attached hydrogen (secondary N) is 1. The van der Waals surface area contributed by atoms with Gasteiger partial charge < -0.3 is 5.11 Å². The SMILES string of the molecule is CC.O=C(O)c1n[nH]c2ccc(F)cc12. The Morgan fingerprint density at radius 3 is 2.73 bits per heavy atom. The number of carboxylic acid groups (broad SMARTS) is 1. The summed E-state index contributed by atoms with van der Waals surface area (Å²) in [5, 5.41) is 15.0. The van der Waals surface area contributed by atoms with Crippen LogP contribution in [0, 0.1) is 5.82 Å². The molecular weight excluding hydrogens is 199 g/mol. The summed E-state index contributed by atoms with van der Waals surface area (Å²) in [6.07, 6.45) is 0. The number of aromatic amines is 1. The van der Waals surface area contributed by atoms with Crippen LogP contribution in [-0.4, -0.2) is 21.3 Å². The highest BCUT2D eigenvalue weighted by Gasteiger charge is 2.12. The quantitative estimate of drug-likeness (QED) is 0.759. The van der Waals surface area contributed by atoms with Gasteiger partial charge in [-0.15, -0.1) is 0 Å². The van der Waals surface area contributed by atoms with Gasteiger partial charge in [-0.05, 0) is 18.2 Å². The number of aromatic nitrogens is 2. The summed E-state index contributed by atoms with van der Waals surface area (Å²) in [7, 11) is 0. The van der Waals surface area contributed by atoms with Gasteiger partial charge in [0.1, 0.15) is 5.82 Å². The zero-order chi connectivity index (χ0) is 11.4. The van der Waals surface area contributed by atoms with E-state index in [2.05, 4.69) is 10.2 Å². The fourth-order valence-electron chi connectivity index (χ4n) is 1.15. The van der Waals surface area contributed by atoms with Crippen LogP contribution in [0.15, 0.2) is 18.2 Å². The third-order valence-electron chi connectivity index (χ3n) is 1.73. The lowest BCUT2D eigenvalue weighted by molar-refractivity contribution is 0.0692. The van der Waals surface area contributed by atoms with Crippen molar-refractivity contribution >= 4 is 16.9 Å². The number of rotatable bonds is 1. The van der Waals surface area contributed by atoms with Crippen molar-refractivity contribution in [3.63, 3.8) is 0 Å². The van der Waals surface area contributed by atoms with Gasteiger partial charge in [0.25, 0.3) is 0 Å². The third-order valence-corrected chi connectivity index (χ3v) is 1.73. The van der Waals surface area contributed by atoms with Gasteiger partial charge in [0.2, 0.25) is 0 Å². The molecule has 0 spiro atoms. The van der Waals surface area contributed by atoms with Gasteiger partial charge >= 0.3 is 5.97 Å². The molecule has 0 radical (unpaired) electrons. The van der Waals surface area contributed by atoms with E-state index >= 15 is 0 Å². The molecule has 15 heavy (non-hydrogen) atoms. The molecular formula is C10H11FN2O2. The van der Waals surface area contributed by atoms with Crippen molar-refractivity contribution in [1.29, 1.82) is 0 Å². The predicted molar refractivity (Wildman–Crippen MR) is 54.4 cm³/mol. The van der Waals surface area contributed by atoms with Gasteiger partial charge in [-0.3, -0.25) is 5.10 Å². The minimum atomic E-state index is -1.17. The molecule has 4 nitrogen and oxygen atoms in total. The zero-order valence-electron chi connectivity index (χ0n) is 8.41. The number of H-pyrrole nitrogens is 1. The monoisotopic (exact) mass is 210 g/mol. The Hall–Kier alpha value is -1.91. The molecule has 1 heterocycles. The first-order valence-electron chi connectivity index (χ1n) is 4.55. The number of halogens is 1. The topological polar surface area (TPSA) is 66.0 Å². The Morgan fingerprint density at radius 1 is 1.47 bits per heavy atom. The van der Waals surface area contributed by atoms with Crippen molar-refractivity contribution in [2.45, 2.75) is 13.8 Å². The average molecular weight is 210 g/mol. The molecule has 2 N–H and O–H groups in total. The molecule has 0 aliphatic rings. The van der Waals surface area contributed by atoms with E-state index in [0.29, 0.717) is 5.52 Å². The van der Waals surface area contributed by atoms with Gasteiger partial charge in [0, 0.05) is 5.39 Å². The Bertz CT molecular complexity index is 479. The maximum atomic E-state index is 12.7. The van der Waals surface area contributed by atoms with Gasteiger partial charge in [-0.2, -0.15) is 5.10 Å². The first-order valence-corrected chi connectivity index (χ1v) is 4.55. The molecule has 80 valence electrons. The molecule has 0 amide bonds. The summed E-state index contributed by atoms with van der Waals surface area (Å²) in [5.41, 5.74) is 0.355. The van der Waals surface area contributed by atoms with Gasteiger partial charge in [0.15, 0.2) is 5.69 Å². The maximum absolute atomic E-state index is 12.7. The van der Waals surface area contributed by atoms with Crippen LogP contribution in [0.1, 0.15) is 24.3 Å². The second kappa shape index (κ2) is 4.54. The van der Waals surface area contributed by atoms with E-state index in [-0.39, 0.29) is 11.1 Å². The Balaban J connectivity index is 0.000000531. The van der Waals surface area contributed by atoms with Crippen LogP contribution in [0.3, 0.4) is 0 Å². The molecule has 0 fully saturated rings. The van der Waals surface area contributed by atoms with Crippen LogP contribution >= 0.6 is 0 Å². The molecule has 0 aliphatic heterocycles. The minimum absolute atomic E-state index is 0.158. The first kappa shape index (κ1) is 11.2. The van der Waals surface area contributed by atoms with Crippen LogP contribution < -0.4 is 0 Å². The molecule has 1 aromatic carbocycles. The average Bonchev–Trinajstić information content (AvgIpc) is 2.63. The van der Waals surface area contributed by atoms with Crippen LogP contribution in [-0.2, 0) is 0 Å². The molecule has 1 aromatic heterocycles. The van der Waals surface area contributed by atoms with Crippen molar-refractivity contribution in [2.75, 3.05) is 0 Å². The van der Waals surface area contributed by atoms with Crippen molar-refractivity contribution in [3.8, 4) is 0 Å². The van der Waals surface area contributed by atoms with E-state index in [1.165, 1.54) is 12.1 Å². The summed E-state index contributed by atoms with van der Waals surface area (Å²) in [4.78, 5) is 10.6. The highest BCUT2D eigenvalue weighted by Crippen LogP contribution is 2.16. The number of aromatic carboxylic acids is 1. The van der Waals surface area contributed by atoms with Crippen molar-refractivity contribution in [2.24, 2.45) is 0 Å². The smallest absolute Gasteiger partial charge is 0.357 e. The molecule has 2 rings (SSSR count). The maximum Gasteiger partial charge on any atom is 0.357 e. The zero-order valence-corrected chi connectivity index (χ0v) is 8.41. The van der Waals surface area contributed by atoms with Crippen molar-refractivity contribution in [1.82, 2.24) is 10.2 Å². The van der Waals surface area contributed by atoms with Gasteiger partial charge in [-0.25, -0.2) is 9.18 Å². The fourth-order valence-corrected chi connectivity index (χ4v) is 1.15. The Kier molecular flexibility index (Phi) is 3.38. The normalized spacial score (nSPS) is 9.53. The first-order chi connectivity index (χ1) is 7.18. The molecule has 0 bridgehead atoms. The lowest BCUT2D eigenvalue weighted by Gasteiger charge is -1.89. The number of nitrogens with zero attached hydrogens (tertiary/aromatic N) is 1. The lowest BCUT2D eigenvalue weighted by atomic mass is 10.2. The third kappa shape index (κ3) is 2.12. The molecule has 0 saturated carbocycles. The second-order valence-corrected chi connectivity index (χ2v) is 2.57. The van der Waals surface area contributed by atoms with E-state index in [1.807, 2.05) is 13.8 Å². The van der Waals surface area contributed by atoms with E-state index in [0.717, 1.165) is 6.07 Å². The highest BCUT2D eigenvalue weighted by molar-refractivity contribution is 6.00. The predicted octanol–water partition coefficient (Wildman–Crippen LogP) is 2.43. The molecule has 2 aromatic rings. The van der Waals surface area contributed by atoms with Gasteiger partial charge in [-0.1, -0.05) is 13.8 Å². The number of hydrogen-bond acceptors (Lipinski definition) is 2. The van der Waals surface area contributed by atoms with E-state index < -0.39 is 11.8 Å². The summed E-state index contributed by atoms with van der Waals surface area (Å²) >= 11 is 0. The van der Waals surface area contributed by atoms with Crippen LogP contribution in [0.2, 0.25) is 0 Å². The van der Waals surface area contributed by atoms with E-state index in [9.17, 15) is 9.18 Å². The number of hydrogen-bond donors (Lipinski definition) is 2. The fraction of sp³-hybridized carbons (Fsp3) is 0.200. The van der Waals surface area contributed by atoms with Crippen LogP contribution in [0.25, 0.3) is 10.9 Å². The number of carboxylic acids is 1. The lowest BCUT2D eigenvalue weighted by Crippen LogP contribution is -1.96. The van der Waals surface area contributed by atoms with Crippen molar-refractivity contribution in [3.05, 3.63) is 29.7 Å². The van der Waals surface area contributed by atoms with Crippen molar-refractivity contribution < 1.29 is 14.3 Å². The molecule has 0 aliphatic carbocycles. The molecule has 5 heteroatoms. The summed E-state index contributed by atoms with van der Waals surface area (Å²) in [6.45, 7) is 4.00. The number of fused-ring (bicyclic) bond motifs is 1. The summed E-state index contributed by atoms with van der Waals surface area (Å²) in [5.74, 6) is -1.65. The second-order valence-electron chi connectivity index (χ2n) is 2.57. The number of benzene rings is 1. The van der Waals surface area contributed by atoms with Crippen LogP contribution in [0.4, 0.5) is 4.39 Å². The summed E-state index contributed by atoms with van der Waals surface area (Å²) < 4.78 is 12.7. The van der Waals surface area contributed by atoms with Gasteiger partial charge in [0.05, 0.1) is 5.52 Å². The van der Waals surface area contributed by atoms with E-state index in [1.54, 1.807) is 0 Å². The van der Waals surface area contributed by atoms with Crippen LogP contribution in [0.5, 0.6) is 0 Å². The molecule has 0 atom stereocenters. The Morgan fingerprint density at radius 2 is 2.13 bits per heavy atom. The summed E-state index contributed by atoms with van der Waals surface area (Å²) in [6, 6.07) is 3.83. The number of carbonyl (C=O) groups is 1. The Labute approximate surface area is 85.7 Å². The molecule has 0 unspecified atom stereocenters.